The number of hydrogen-bond acceptors (Lipinski definition) is 4. The number of nitrogens with zero attached hydrogens (tertiary/aromatic N) is 1. The molecule has 0 fully saturated rings. The minimum atomic E-state index is 0.604. The van der Waals surface area contributed by atoms with Crippen molar-refractivity contribution in [3.63, 3.8) is 0 Å². The van der Waals surface area contributed by atoms with E-state index in [4.69, 9.17) is 15.2 Å². The van der Waals surface area contributed by atoms with Crippen molar-refractivity contribution in [1.29, 1.82) is 0 Å². The molecule has 0 amide bonds. The predicted octanol–water partition coefficient (Wildman–Crippen LogP) is 3.31. The van der Waals surface area contributed by atoms with Crippen LogP contribution in [0.2, 0.25) is 0 Å². The molecule has 4 nitrogen and oxygen atoms in total. The van der Waals surface area contributed by atoms with Crippen LogP contribution in [0.4, 0.5) is 11.4 Å². The number of rotatable bonds is 6. The topological polar surface area (TPSA) is 47.7 Å². The number of anilines is 2. The van der Waals surface area contributed by atoms with Gasteiger partial charge in [0.2, 0.25) is 0 Å². The molecular weight excluding hydrogens is 264 g/mol. The molecule has 2 aromatic carbocycles. The zero-order valence-corrected chi connectivity index (χ0v) is 12.8. The third-order valence-electron chi connectivity index (χ3n) is 3.29. The lowest BCUT2D eigenvalue weighted by molar-refractivity contribution is 0.342. The van der Waals surface area contributed by atoms with Crippen LogP contribution in [0, 0.1) is 0 Å². The molecule has 0 heterocycles. The zero-order valence-electron chi connectivity index (χ0n) is 12.8. The second-order valence-electron chi connectivity index (χ2n) is 4.86. The van der Waals surface area contributed by atoms with Crippen LogP contribution in [-0.2, 0) is 6.54 Å². The molecule has 0 spiro atoms. The summed E-state index contributed by atoms with van der Waals surface area (Å²) in [6, 6.07) is 13.9. The van der Waals surface area contributed by atoms with Gasteiger partial charge in [-0.2, -0.15) is 0 Å². The summed E-state index contributed by atoms with van der Waals surface area (Å²) in [5.41, 5.74) is 8.82. The van der Waals surface area contributed by atoms with Gasteiger partial charge in [-0.3, -0.25) is 0 Å². The van der Waals surface area contributed by atoms with E-state index >= 15 is 0 Å². The van der Waals surface area contributed by atoms with E-state index in [1.807, 2.05) is 50.4 Å². The summed E-state index contributed by atoms with van der Waals surface area (Å²) >= 11 is 0. The first-order chi connectivity index (χ1) is 10.1. The lowest BCUT2D eigenvalue weighted by Crippen LogP contribution is -2.16. The molecule has 0 saturated heterocycles. The van der Waals surface area contributed by atoms with Gasteiger partial charge in [0.25, 0.3) is 0 Å². The van der Waals surface area contributed by atoms with Crippen molar-refractivity contribution in [3.8, 4) is 11.5 Å². The highest BCUT2D eigenvalue weighted by Gasteiger charge is 2.07. The Morgan fingerprint density at radius 3 is 2.67 bits per heavy atom. The second kappa shape index (κ2) is 6.88. The standard InChI is InChI=1S/C17H22N2O2/c1-4-21-17-11-14(8-9-16(17)18)19(2)12-13-6-5-7-15(10-13)20-3/h5-11H,4,12,18H2,1-3H3. The van der Waals surface area contributed by atoms with Gasteiger partial charge in [0.15, 0.2) is 0 Å². The fraction of sp³-hybridized carbons (Fsp3) is 0.294. The third kappa shape index (κ3) is 3.81. The van der Waals surface area contributed by atoms with Crippen molar-refractivity contribution in [2.24, 2.45) is 0 Å². The summed E-state index contributed by atoms with van der Waals surface area (Å²) in [4.78, 5) is 2.15. The van der Waals surface area contributed by atoms with Gasteiger partial charge in [-0.1, -0.05) is 12.1 Å². The van der Waals surface area contributed by atoms with E-state index in [2.05, 4.69) is 11.0 Å². The largest absolute Gasteiger partial charge is 0.497 e. The Morgan fingerprint density at radius 2 is 1.95 bits per heavy atom. The number of nitrogen functional groups attached to an aromatic ring is 1. The van der Waals surface area contributed by atoms with Gasteiger partial charge in [0.1, 0.15) is 11.5 Å². The Morgan fingerprint density at radius 1 is 1.14 bits per heavy atom. The van der Waals surface area contributed by atoms with Gasteiger partial charge in [0, 0.05) is 25.3 Å². The highest BCUT2D eigenvalue weighted by atomic mass is 16.5. The lowest BCUT2D eigenvalue weighted by Gasteiger charge is -2.21. The minimum absolute atomic E-state index is 0.604. The van der Waals surface area contributed by atoms with Crippen molar-refractivity contribution in [2.75, 3.05) is 31.4 Å². The van der Waals surface area contributed by atoms with E-state index in [0.29, 0.717) is 12.3 Å². The molecule has 0 aliphatic carbocycles. The minimum Gasteiger partial charge on any atom is -0.497 e. The average molecular weight is 286 g/mol. The van der Waals surface area contributed by atoms with Crippen LogP contribution in [0.25, 0.3) is 0 Å². The molecule has 0 atom stereocenters. The van der Waals surface area contributed by atoms with Crippen LogP contribution in [0.5, 0.6) is 11.5 Å². The maximum Gasteiger partial charge on any atom is 0.144 e. The van der Waals surface area contributed by atoms with Gasteiger partial charge < -0.3 is 20.1 Å². The molecule has 2 rings (SSSR count). The third-order valence-corrected chi connectivity index (χ3v) is 3.29. The smallest absolute Gasteiger partial charge is 0.144 e. The number of benzene rings is 2. The van der Waals surface area contributed by atoms with Crippen molar-refractivity contribution in [1.82, 2.24) is 0 Å². The lowest BCUT2D eigenvalue weighted by atomic mass is 10.2. The van der Waals surface area contributed by atoms with E-state index in [-0.39, 0.29) is 0 Å². The number of nitrogens with two attached hydrogens (primary N) is 1. The first-order valence-electron chi connectivity index (χ1n) is 7.00. The van der Waals surface area contributed by atoms with Crippen molar-refractivity contribution in [3.05, 3.63) is 48.0 Å². The molecule has 2 N–H and O–H groups in total. The molecule has 0 unspecified atom stereocenters. The Balaban J connectivity index is 2.15. The number of hydrogen-bond donors (Lipinski definition) is 1. The fourth-order valence-electron chi connectivity index (χ4n) is 2.18. The summed E-state index contributed by atoms with van der Waals surface area (Å²) < 4.78 is 10.8. The van der Waals surface area contributed by atoms with Crippen LogP contribution >= 0.6 is 0 Å². The van der Waals surface area contributed by atoms with Crippen molar-refractivity contribution >= 4 is 11.4 Å². The highest BCUT2D eigenvalue weighted by Crippen LogP contribution is 2.28. The number of methoxy groups -OCH3 is 1. The van der Waals surface area contributed by atoms with E-state index in [9.17, 15) is 0 Å². The van der Waals surface area contributed by atoms with Gasteiger partial charge in [0.05, 0.1) is 19.4 Å². The van der Waals surface area contributed by atoms with Crippen LogP contribution < -0.4 is 20.1 Å². The quantitative estimate of drug-likeness (QED) is 0.828. The molecule has 21 heavy (non-hydrogen) atoms. The summed E-state index contributed by atoms with van der Waals surface area (Å²) in [6.45, 7) is 3.34. The normalized spacial score (nSPS) is 10.2. The van der Waals surface area contributed by atoms with E-state index in [1.54, 1.807) is 7.11 Å². The molecule has 0 aromatic heterocycles. The summed E-state index contributed by atoms with van der Waals surface area (Å²) in [5, 5.41) is 0. The highest BCUT2D eigenvalue weighted by molar-refractivity contribution is 5.62. The molecule has 0 radical (unpaired) electrons. The van der Waals surface area contributed by atoms with Crippen molar-refractivity contribution in [2.45, 2.75) is 13.5 Å². The van der Waals surface area contributed by atoms with Crippen LogP contribution in [0.15, 0.2) is 42.5 Å². The number of ether oxygens (including phenoxy) is 2. The van der Waals surface area contributed by atoms with Crippen LogP contribution in [-0.4, -0.2) is 20.8 Å². The maximum absolute atomic E-state index is 5.91. The Hall–Kier alpha value is -2.36. The van der Waals surface area contributed by atoms with Gasteiger partial charge >= 0.3 is 0 Å². The first-order valence-corrected chi connectivity index (χ1v) is 7.00. The van der Waals surface area contributed by atoms with Gasteiger partial charge in [-0.05, 0) is 36.8 Å². The first kappa shape index (κ1) is 15.0. The molecule has 0 saturated carbocycles. The SMILES string of the molecule is CCOc1cc(N(C)Cc2cccc(OC)c2)ccc1N. The Kier molecular flexibility index (Phi) is 4.93. The molecule has 0 aliphatic heterocycles. The van der Waals surface area contributed by atoms with E-state index in [1.165, 1.54) is 5.56 Å². The van der Waals surface area contributed by atoms with E-state index in [0.717, 1.165) is 23.7 Å². The van der Waals surface area contributed by atoms with E-state index < -0.39 is 0 Å². The fourth-order valence-corrected chi connectivity index (χ4v) is 2.18. The van der Waals surface area contributed by atoms with Gasteiger partial charge in [-0.25, -0.2) is 0 Å². The molecular formula is C17H22N2O2. The molecule has 2 aromatic rings. The molecule has 0 aliphatic rings. The molecule has 112 valence electrons. The monoisotopic (exact) mass is 286 g/mol. The Bertz CT molecular complexity index is 599. The average Bonchev–Trinajstić information content (AvgIpc) is 2.50. The zero-order chi connectivity index (χ0) is 15.2. The summed E-state index contributed by atoms with van der Waals surface area (Å²) in [7, 11) is 3.72. The Labute approximate surface area is 126 Å². The van der Waals surface area contributed by atoms with Gasteiger partial charge in [-0.15, -0.1) is 0 Å². The van der Waals surface area contributed by atoms with Crippen molar-refractivity contribution < 1.29 is 9.47 Å². The summed E-state index contributed by atoms with van der Waals surface area (Å²) in [6.07, 6.45) is 0. The molecule has 4 heteroatoms. The van der Waals surface area contributed by atoms with Crippen LogP contribution in [0.3, 0.4) is 0 Å². The summed E-state index contributed by atoms with van der Waals surface area (Å²) in [5.74, 6) is 1.60. The molecule has 0 bridgehead atoms. The maximum atomic E-state index is 5.91. The predicted molar refractivity (Wildman–Crippen MR) is 87.1 cm³/mol. The second-order valence-corrected chi connectivity index (χ2v) is 4.86. The van der Waals surface area contributed by atoms with Crippen LogP contribution in [0.1, 0.15) is 12.5 Å².